The van der Waals surface area contributed by atoms with Gasteiger partial charge in [-0.05, 0) is 73.5 Å². The first-order valence-electron chi connectivity index (χ1n) is 13.4. The molecule has 1 amide bonds. The molecule has 1 saturated heterocycles. The van der Waals surface area contributed by atoms with E-state index in [2.05, 4.69) is 63.0 Å². The summed E-state index contributed by atoms with van der Waals surface area (Å²) in [6.45, 7) is 9.25. The largest absolute Gasteiger partial charge is 0.478 e. The van der Waals surface area contributed by atoms with Crippen LogP contribution in [0.15, 0.2) is 67.0 Å². The number of hydrogen-bond acceptors (Lipinski definition) is 6. The standard InChI is InChI=1S/C30H34N6O2/c1-3-21(2)34-14-16-35(17-15-34)30(37)22-4-7-25(8-5-22)33-26-9-10-27(36-13-12-32-29(26)36)23-6-11-28-24(18-23)19-31-20-38-28/h4-13,18,21,31,33H,3,14-17,19-20H2,1-2H3. The minimum Gasteiger partial charge on any atom is -0.478 e. The van der Waals surface area contributed by atoms with Crippen LogP contribution in [-0.2, 0) is 6.54 Å². The van der Waals surface area contributed by atoms with Gasteiger partial charge in [0.15, 0.2) is 5.65 Å². The number of amides is 1. The highest BCUT2D eigenvalue weighted by Crippen LogP contribution is 2.31. The number of rotatable bonds is 6. The Morgan fingerprint density at radius 3 is 2.68 bits per heavy atom. The Kier molecular flexibility index (Phi) is 6.74. The van der Waals surface area contributed by atoms with Gasteiger partial charge in [-0.2, -0.15) is 0 Å². The monoisotopic (exact) mass is 510 g/mol. The van der Waals surface area contributed by atoms with Gasteiger partial charge in [0.05, 0.1) is 11.4 Å². The SMILES string of the molecule is CCC(C)N1CCN(C(=O)c2ccc(Nc3ccc(-c4ccc5c(c4)CNCO5)n4ccnc34)cc2)CC1. The van der Waals surface area contributed by atoms with E-state index in [1.807, 2.05) is 47.6 Å². The molecule has 1 atom stereocenters. The predicted molar refractivity (Wildman–Crippen MR) is 150 cm³/mol. The molecule has 0 bridgehead atoms. The van der Waals surface area contributed by atoms with Crippen molar-refractivity contribution in [1.82, 2.24) is 24.5 Å². The summed E-state index contributed by atoms with van der Waals surface area (Å²) in [4.78, 5) is 22.1. The molecule has 0 aliphatic carbocycles. The Hall–Kier alpha value is -3.88. The van der Waals surface area contributed by atoms with Crippen LogP contribution in [0, 0.1) is 0 Å². The number of nitrogens with one attached hydrogen (secondary N) is 2. The molecule has 196 valence electrons. The highest BCUT2D eigenvalue weighted by Gasteiger charge is 2.24. The number of imidazole rings is 1. The Balaban J connectivity index is 1.17. The normalized spacial score (nSPS) is 16.6. The number of pyridine rings is 1. The van der Waals surface area contributed by atoms with Crippen molar-refractivity contribution in [2.24, 2.45) is 0 Å². The molecule has 8 heteroatoms. The first-order valence-corrected chi connectivity index (χ1v) is 13.4. The quantitative estimate of drug-likeness (QED) is 0.390. The second-order valence-corrected chi connectivity index (χ2v) is 10.1. The van der Waals surface area contributed by atoms with Gasteiger partial charge in [0, 0.05) is 68.0 Å². The topological polar surface area (TPSA) is 74.1 Å². The molecule has 1 unspecified atom stereocenters. The molecule has 2 aliphatic heterocycles. The molecule has 0 saturated carbocycles. The maximum Gasteiger partial charge on any atom is 0.253 e. The van der Waals surface area contributed by atoms with Crippen LogP contribution in [0.4, 0.5) is 11.4 Å². The third kappa shape index (κ3) is 4.73. The van der Waals surface area contributed by atoms with Crippen molar-refractivity contribution in [2.75, 3.05) is 38.2 Å². The lowest BCUT2D eigenvalue weighted by Gasteiger charge is -2.37. The highest BCUT2D eigenvalue weighted by molar-refractivity contribution is 5.94. The van der Waals surface area contributed by atoms with Crippen LogP contribution in [0.2, 0.25) is 0 Å². The zero-order chi connectivity index (χ0) is 26.1. The minimum atomic E-state index is 0.103. The number of nitrogens with zero attached hydrogens (tertiary/aromatic N) is 4. The first kappa shape index (κ1) is 24.5. The van der Waals surface area contributed by atoms with E-state index < -0.39 is 0 Å². The molecule has 2 aliphatic rings. The molecule has 8 nitrogen and oxygen atoms in total. The summed E-state index contributed by atoms with van der Waals surface area (Å²) in [7, 11) is 0. The first-order chi connectivity index (χ1) is 18.6. The maximum atomic E-state index is 13.1. The molecule has 4 aromatic rings. The fourth-order valence-electron chi connectivity index (χ4n) is 5.34. The third-order valence-corrected chi connectivity index (χ3v) is 7.78. The number of anilines is 2. The number of hydrogen-bond donors (Lipinski definition) is 2. The van der Waals surface area contributed by atoms with Gasteiger partial charge in [-0.3, -0.25) is 19.4 Å². The van der Waals surface area contributed by atoms with Crippen LogP contribution < -0.4 is 15.4 Å². The Morgan fingerprint density at radius 2 is 1.89 bits per heavy atom. The van der Waals surface area contributed by atoms with Crippen LogP contribution in [0.3, 0.4) is 0 Å². The average Bonchev–Trinajstić information content (AvgIpc) is 3.47. The van der Waals surface area contributed by atoms with Crippen LogP contribution in [-0.4, -0.2) is 64.0 Å². The zero-order valence-corrected chi connectivity index (χ0v) is 22.0. The summed E-state index contributed by atoms with van der Waals surface area (Å²) in [6, 6.07) is 18.8. The average molecular weight is 511 g/mol. The molecular weight excluding hydrogens is 476 g/mol. The fourth-order valence-corrected chi connectivity index (χ4v) is 5.34. The van der Waals surface area contributed by atoms with Gasteiger partial charge in [0.25, 0.3) is 5.91 Å². The van der Waals surface area contributed by atoms with E-state index in [4.69, 9.17) is 4.74 Å². The number of ether oxygens (including phenoxy) is 1. The van der Waals surface area contributed by atoms with Crippen LogP contribution in [0.1, 0.15) is 36.2 Å². The van der Waals surface area contributed by atoms with Crippen LogP contribution >= 0.6 is 0 Å². The van der Waals surface area contributed by atoms with E-state index >= 15 is 0 Å². The summed E-state index contributed by atoms with van der Waals surface area (Å²) in [5.74, 6) is 1.04. The molecule has 38 heavy (non-hydrogen) atoms. The van der Waals surface area contributed by atoms with Crippen molar-refractivity contribution in [3.05, 3.63) is 78.1 Å². The van der Waals surface area contributed by atoms with E-state index in [1.54, 1.807) is 0 Å². The number of fused-ring (bicyclic) bond motifs is 2. The number of carbonyl (C=O) groups excluding carboxylic acids is 1. The number of piperazine rings is 1. The second-order valence-electron chi connectivity index (χ2n) is 10.1. The van der Waals surface area contributed by atoms with Gasteiger partial charge in [-0.25, -0.2) is 4.98 Å². The molecule has 2 aromatic heterocycles. The number of aromatic nitrogens is 2. The minimum absolute atomic E-state index is 0.103. The summed E-state index contributed by atoms with van der Waals surface area (Å²) < 4.78 is 7.78. The van der Waals surface area contributed by atoms with Crippen molar-refractivity contribution in [2.45, 2.75) is 32.9 Å². The molecule has 0 spiro atoms. The Bertz CT molecular complexity index is 1440. The van der Waals surface area contributed by atoms with Crippen molar-refractivity contribution in [1.29, 1.82) is 0 Å². The maximum absolute atomic E-state index is 13.1. The van der Waals surface area contributed by atoms with Crippen molar-refractivity contribution < 1.29 is 9.53 Å². The molecule has 1 fully saturated rings. The van der Waals surface area contributed by atoms with Gasteiger partial charge >= 0.3 is 0 Å². The van der Waals surface area contributed by atoms with Crippen LogP contribution in [0.5, 0.6) is 5.75 Å². The van der Waals surface area contributed by atoms with Crippen molar-refractivity contribution >= 4 is 22.9 Å². The summed E-state index contributed by atoms with van der Waals surface area (Å²) in [5, 5.41) is 6.74. The Labute approximate surface area is 223 Å². The highest BCUT2D eigenvalue weighted by atomic mass is 16.5. The molecular formula is C30H34N6O2. The molecule has 2 N–H and O–H groups in total. The van der Waals surface area contributed by atoms with E-state index in [1.165, 1.54) is 0 Å². The van der Waals surface area contributed by atoms with Gasteiger partial charge < -0.3 is 15.0 Å². The lowest BCUT2D eigenvalue weighted by molar-refractivity contribution is 0.0579. The van der Waals surface area contributed by atoms with Gasteiger partial charge in [-0.1, -0.05) is 6.92 Å². The molecule has 6 rings (SSSR count). The van der Waals surface area contributed by atoms with E-state index in [0.29, 0.717) is 12.8 Å². The van der Waals surface area contributed by atoms with Crippen molar-refractivity contribution in [3.8, 4) is 17.0 Å². The predicted octanol–water partition coefficient (Wildman–Crippen LogP) is 4.74. The van der Waals surface area contributed by atoms with E-state index in [0.717, 1.165) is 84.3 Å². The summed E-state index contributed by atoms with van der Waals surface area (Å²) in [6.07, 6.45) is 4.93. The number of carbonyl (C=O) groups is 1. The van der Waals surface area contributed by atoms with E-state index in [-0.39, 0.29) is 5.91 Å². The fraction of sp³-hybridized carbons (Fsp3) is 0.333. The Morgan fingerprint density at radius 1 is 1.08 bits per heavy atom. The summed E-state index contributed by atoms with van der Waals surface area (Å²) >= 11 is 0. The van der Waals surface area contributed by atoms with Crippen LogP contribution in [0.25, 0.3) is 16.9 Å². The lowest BCUT2D eigenvalue weighted by Crippen LogP contribution is -2.51. The zero-order valence-electron chi connectivity index (χ0n) is 22.0. The second kappa shape index (κ2) is 10.5. The lowest BCUT2D eigenvalue weighted by atomic mass is 10.1. The van der Waals surface area contributed by atoms with Gasteiger partial charge in [0.1, 0.15) is 12.5 Å². The molecule has 0 radical (unpaired) electrons. The smallest absolute Gasteiger partial charge is 0.253 e. The summed E-state index contributed by atoms with van der Waals surface area (Å²) in [5.41, 5.74) is 6.70. The van der Waals surface area contributed by atoms with E-state index in [9.17, 15) is 4.79 Å². The van der Waals surface area contributed by atoms with Crippen molar-refractivity contribution in [3.63, 3.8) is 0 Å². The van der Waals surface area contributed by atoms with Gasteiger partial charge in [0.2, 0.25) is 0 Å². The number of benzene rings is 2. The van der Waals surface area contributed by atoms with Gasteiger partial charge in [-0.15, -0.1) is 0 Å². The molecule has 4 heterocycles. The molecule has 2 aromatic carbocycles. The third-order valence-electron chi connectivity index (χ3n) is 7.78.